The van der Waals surface area contributed by atoms with Gasteiger partial charge in [0, 0.05) is 11.8 Å². The molecule has 2 aromatic rings. The number of rotatable bonds is 3. The molecule has 25 heavy (non-hydrogen) atoms. The molecule has 4 N–H and O–H groups in total. The lowest BCUT2D eigenvalue weighted by Crippen LogP contribution is -2.39. The summed E-state index contributed by atoms with van der Waals surface area (Å²) < 4.78 is 5.40. The first-order valence-electron chi connectivity index (χ1n) is 8.43. The molecule has 0 spiro atoms. The highest BCUT2D eigenvalue weighted by Gasteiger charge is 2.18. The lowest BCUT2D eigenvalue weighted by atomic mass is 10.1. The van der Waals surface area contributed by atoms with Crippen LogP contribution in [0, 0.1) is 20.8 Å². The van der Waals surface area contributed by atoms with Crippen molar-refractivity contribution in [1.29, 1.82) is 0 Å². The molecule has 7 heteroatoms. The minimum absolute atomic E-state index is 0.300. The van der Waals surface area contributed by atoms with Crippen molar-refractivity contribution in [3.8, 4) is 0 Å². The number of anilines is 2. The Bertz CT molecular complexity index is 783. The van der Waals surface area contributed by atoms with E-state index in [-0.39, 0.29) is 0 Å². The highest BCUT2D eigenvalue weighted by atomic mass is 16.5. The first-order chi connectivity index (χ1) is 12.0. The Hall–Kier alpha value is -2.67. The van der Waals surface area contributed by atoms with Gasteiger partial charge in [0.25, 0.3) is 5.96 Å². The largest absolute Gasteiger partial charge is 0.386 e. The number of ether oxygens (including phenoxy) is 1. The molecule has 0 aliphatic carbocycles. The topological polar surface area (TPSA) is 89.9 Å². The minimum atomic E-state index is 0.300. The predicted octanol–water partition coefficient (Wildman–Crippen LogP) is 1.72. The Morgan fingerprint density at radius 1 is 1.24 bits per heavy atom. The van der Waals surface area contributed by atoms with Crippen molar-refractivity contribution >= 4 is 23.4 Å². The number of nitrogens with one attached hydrogen (secondary N) is 2. The maximum Gasteiger partial charge on any atom is 0.386 e. The van der Waals surface area contributed by atoms with Gasteiger partial charge in [-0.3, -0.25) is 0 Å². The first-order valence-corrected chi connectivity index (χ1v) is 8.43. The summed E-state index contributed by atoms with van der Waals surface area (Å²) in [6.45, 7) is 9.20. The Morgan fingerprint density at radius 3 is 2.72 bits per heavy atom. The Balaban J connectivity index is 1.80. The number of hydrogen-bond donors (Lipinski definition) is 2. The number of aliphatic imine (C=N–C) groups is 1. The van der Waals surface area contributed by atoms with Crippen molar-refractivity contribution in [3.05, 3.63) is 41.1 Å². The van der Waals surface area contributed by atoms with Crippen LogP contribution in [0.1, 0.15) is 16.8 Å². The van der Waals surface area contributed by atoms with Crippen LogP contribution < -0.4 is 20.9 Å². The van der Waals surface area contributed by atoms with Gasteiger partial charge in [-0.15, -0.1) is 4.98 Å². The van der Waals surface area contributed by atoms with Gasteiger partial charge in [-0.1, -0.05) is 22.7 Å². The van der Waals surface area contributed by atoms with Crippen molar-refractivity contribution in [2.75, 3.05) is 36.5 Å². The van der Waals surface area contributed by atoms with Gasteiger partial charge in [0.2, 0.25) is 0 Å². The monoisotopic (exact) mass is 341 g/mol. The van der Waals surface area contributed by atoms with Crippen LogP contribution >= 0.6 is 0 Å². The average molecular weight is 341 g/mol. The number of nitrogens with zero attached hydrogens (tertiary/aromatic N) is 3. The van der Waals surface area contributed by atoms with E-state index in [9.17, 15) is 0 Å². The molecule has 1 aromatic carbocycles. The average Bonchev–Trinajstić information content (AvgIpc) is 2.58. The van der Waals surface area contributed by atoms with Crippen LogP contribution in [0.3, 0.4) is 0 Å². The third-order valence-corrected chi connectivity index (χ3v) is 4.09. The highest BCUT2D eigenvalue weighted by molar-refractivity contribution is 5.94. The Morgan fingerprint density at radius 2 is 2.00 bits per heavy atom. The molecule has 0 amide bonds. The number of H-pyrrole nitrogens is 1. The van der Waals surface area contributed by atoms with Gasteiger partial charge in [-0.2, -0.15) is 0 Å². The van der Waals surface area contributed by atoms with Crippen molar-refractivity contribution < 1.29 is 9.72 Å². The van der Waals surface area contributed by atoms with Gasteiger partial charge >= 0.3 is 5.95 Å². The fraction of sp³-hybridized carbons (Fsp3) is 0.389. The summed E-state index contributed by atoms with van der Waals surface area (Å²) in [7, 11) is 0. The summed E-state index contributed by atoms with van der Waals surface area (Å²) in [6.07, 6.45) is 0. The predicted molar refractivity (Wildman–Crippen MR) is 99.4 cm³/mol. The van der Waals surface area contributed by atoms with E-state index in [1.165, 1.54) is 5.56 Å². The quantitative estimate of drug-likeness (QED) is 0.655. The number of aromatic nitrogens is 2. The van der Waals surface area contributed by atoms with Gasteiger partial charge in [-0.25, -0.2) is 4.98 Å². The third-order valence-electron chi connectivity index (χ3n) is 4.09. The van der Waals surface area contributed by atoms with Gasteiger partial charge in [0.15, 0.2) is 5.82 Å². The molecule has 1 fully saturated rings. The van der Waals surface area contributed by atoms with Crippen LogP contribution in [0.4, 0.5) is 17.5 Å². The summed E-state index contributed by atoms with van der Waals surface area (Å²) >= 11 is 0. The van der Waals surface area contributed by atoms with E-state index in [0.29, 0.717) is 11.9 Å². The fourth-order valence-electron chi connectivity index (χ4n) is 2.84. The van der Waals surface area contributed by atoms with Crippen LogP contribution in [-0.4, -0.2) is 37.2 Å². The van der Waals surface area contributed by atoms with Crippen LogP contribution in [-0.2, 0) is 4.74 Å². The Labute approximate surface area is 147 Å². The van der Waals surface area contributed by atoms with E-state index < -0.39 is 0 Å². The molecule has 0 radical (unpaired) electrons. The second-order valence-electron chi connectivity index (χ2n) is 6.27. The van der Waals surface area contributed by atoms with Crippen LogP contribution in [0.15, 0.2) is 29.3 Å². The van der Waals surface area contributed by atoms with E-state index in [1.807, 2.05) is 32.0 Å². The van der Waals surface area contributed by atoms with Crippen molar-refractivity contribution in [2.24, 2.45) is 10.7 Å². The van der Waals surface area contributed by atoms with Crippen molar-refractivity contribution in [3.63, 3.8) is 0 Å². The van der Waals surface area contributed by atoms with Gasteiger partial charge in [-0.05, 0) is 32.4 Å². The highest BCUT2D eigenvalue weighted by Crippen LogP contribution is 2.16. The van der Waals surface area contributed by atoms with E-state index in [2.05, 4.69) is 38.2 Å². The molecule has 2 heterocycles. The molecule has 132 valence electrons. The molecule has 1 aliphatic rings. The lowest BCUT2D eigenvalue weighted by Gasteiger charge is -2.24. The molecule has 1 saturated heterocycles. The standard InChI is InChI=1S/C18H24N6O/c1-12-4-5-15(13(2)10-12)21-17(19)23-18-20-14(3)11-16(22-18)24-6-8-25-9-7-24/h4-5,10-11H,6-9H2,1-3H3,(H3,19,20,21,22,23)/p+1. The summed E-state index contributed by atoms with van der Waals surface area (Å²) in [5.74, 6) is 1.76. The Kier molecular flexibility index (Phi) is 5.14. The van der Waals surface area contributed by atoms with Crippen LogP contribution in [0.25, 0.3) is 0 Å². The van der Waals surface area contributed by atoms with Gasteiger partial charge < -0.3 is 20.7 Å². The van der Waals surface area contributed by atoms with E-state index >= 15 is 0 Å². The first kappa shape index (κ1) is 17.2. The second kappa shape index (κ2) is 7.48. The molecular formula is C18H25N6O+. The molecule has 1 aliphatic heterocycles. The number of nitrogens with two attached hydrogens (primary N) is 1. The maximum absolute atomic E-state index is 6.07. The maximum atomic E-state index is 6.07. The number of morpholine rings is 1. The number of aromatic amines is 1. The fourth-order valence-corrected chi connectivity index (χ4v) is 2.84. The van der Waals surface area contributed by atoms with Crippen molar-refractivity contribution in [2.45, 2.75) is 20.8 Å². The second-order valence-corrected chi connectivity index (χ2v) is 6.27. The summed E-state index contributed by atoms with van der Waals surface area (Å²) in [5.41, 5.74) is 10.2. The molecule has 1 aromatic heterocycles. The molecule has 3 rings (SSSR count). The number of guanidine groups is 1. The molecule has 0 atom stereocenters. The molecule has 0 unspecified atom stereocenters. The van der Waals surface area contributed by atoms with E-state index in [4.69, 9.17) is 10.5 Å². The van der Waals surface area contributed by atoms with Gasteiger partial charge in [0.05, 0.1) is 26.3 Å². The van der Waals surface area contributed by atoms with Crippen molar-refractivity contribution in [1.82, 2.24) is 4.98 Å². The molecule has 0 bridgehead atoms. The van der Waals surface area contributed by atoms with E-state index in [1.54, 1.807) is 0 Å². The number of hydrogen-bond acceptors (Lipinski definition) is 4. The summed E-state index contributed by atoms with van der Waals surface area (Å²) in [5, 5.41) is 3.14. The number of aryl methyl sites for hydroxylation is 3. The SMILES string of the molecule is Cc1ccc(NC(N)=Nc2nc(C)cc(N3CCOCC3)[nH+]2)c(C)c1. The zero-order chi connectivity index (χ0) is 17.8. The van der Waals surface area contributed by atoms with E-state index in [0.717, 1.165) is 49.1 Å². The lowest BCUT2D eigenvalue weighted by molar-refractivity contribution is -0.353. The number of benzene rings is 1. The minimum Gasteiger partial charge on any atom is -0.376 e. The molecule has 7 nitrogen and oxygen atoms in total. The normalized spacial score (nSPS) is 15.3. The summed E-state index contributed by atoms with van der Waals surface area (Å²) in [4.78, 5) is 14.3. The van der Waals surface area contributed by atoms with Crippen LogP contribution in [0.5, 0.6) is 0 Å². The van der Waals surface area contributed by atoms with Gasteiger partial charge in [0.1, 0.15) is 5.69 Å². The molecule has 0 saturated carbocycles. The molecular weight excluding hydrogens is 316 g/mol. The smallest absolute Gasteiger partial charge is 0.376 e. The summed E-state index contributed by atoms with van der Waals surface area (Å²) in [6, 6.07) is 8.15. The van der Waals surface area contributed by atoms with Crippen LogP contribution in [0.2, 0.25) is 0 Å². The zero-order valence-corrected chi connectivity index (χ0v) is 15.0. The third kappa shape index (κ3) is 4.45. The zero-order valence-electron chi connectivity index (χ0n) is 15.0.